The van der Waals surface area contributed by atoms with E-state index in [1.807, 2.05) is 38.1 Å². The van der Waals surface area contributed by atoms with Crippen molar-refractivity contribution < 1.29 is 19.6 Å². The Hall–Kier alpha value is -3.52. The minimum absolute atomic E-state index is 0.0574. The summed E-state index contributed by atoms with van der Waals surface area (Å²) in [6.07, 6.45) is 0. The number of rotatable bonds is 6. The summed E-state index contributed by atoms with van der Waals surface area (Å²) >= 11 is 0. The maximum absolute atomic E-state index is 13.0. The molecule has 1 aliphatic rings. The number of nitrogens with zero attached hydrogens (tertiary/aromatic N) is 3. The van der Waals surface area contributed by atoms with E-state index in [4.69, 9.17) is 0 Å². The lowest BCUT2D eigenvalue weighted by Gasteiger charge is -2.26. The molecule has 1 unspecified atom stereocenters. The van der Waals surface area contributed by atoms with Crippen molar-refractivity contribution in [2.45, 2.75) is 19.9 Å². The molecule has 0 aromatic heterocycles. The third kappa shape index (κ3) is 4.34. The van der Waals surface area contributed by atoms with Crippen LogP contribution in [0.3, 0.4) is 0 Å². The van der Waals surface area contributed by atoms with Gasteiger partial charge < -0.3 is 14.9 Å². The lowest BCUT2D eigenvalue weighted by atomic mass is 9.93. The van der Waals surface area contributed by atoms with Crippen LogP contribution in [-0.2, 0) is 9.59 Å². The highest BCUT2D eigenvalue weighted by atomic mass is 16.6. The summed E-state index contributed by atoms with van der Waals surface area (Å²) in [5.41, 5.74) is 2.29. The fourth-order valence-electron chi connectivity index (χ4n) is 3.71. The zero-order chi connectivity index (χ0) is 22.9. The molecule has 0 spiro atoms. The second-order valence-corrected chi connectivity index (χ2v) is 7.97. The monoisotopic (exact) mass is 423 g/mol. The van der Waals surface area contributed by atoms with Crippen molar-refractivity contribution in [3.63, 3.8) is 0 Å². The molecule has 3 rings (SSSR count). The van der Waals surface area contributed by atoms with Gasteiger partial charge in [-0.25, -0.2) is 0 Å². The number of non-ortho nitro benzene ring substituents is 1. The Balaban J connectivity index is 2.23. The van der Waals surface area contributed by atoms with Gasteiger partial charge in [0.2, 0.25) is 0 Å². The van der Waals surface area contributed by atoms with Crippen molar-refractivity contribution in [1.82, 2.24) is 9.80 Å². The molecular formula is C23H25N3O5. The summed E-state index contributed by atoms with van der Waals surface area (Å²) in [6.45, 7) is 4.39. The number of nitro groups is 1. The maximum Gasteiger partial charge on any atom is 0.295 e. The summed E-state index contributed by atoms with van der Waals surface area (Å²) in [6, 6.07) is 10.4. The van der Waals surface area contributed by atoms with Crippen molar-refractivity contribution in [2.75, 3.05) is 27.2 Å². The first-order valence-corrected chi connectivity index (χ1v) is 9.87. The molecule has 0 aliphatic carbocycles. The van der Waals surface area contributed by atoms with Gasteiger partial charge in [-0.1, -0.05) is 29.8 Å². The number of hydrogen-bond acceptors (Lipinski definition) is 6. The SMILES string of the molecule is Cc1ccc(C)c(C(O)=C2C(=O)C(=O)N(CCN(C)C)C2c2cccc([N+](=O)[O-])c2)c1. The van der Waals surface area contributed by atoms with Crippen LogP contribution in [0, 0.1) is 24.0 Å². The number of Topliss-reactive ketones (excluding diaryl/α,β-unsaturated/α-hetero) is 1. The van der Waals surface area contributed by atoms with Crippen LogP contribution in [0.4, 0.5) is 5.69 Å². The Bertz CT molecular complexity index is 1090. The van der Waals surface area contributed by atoms with Gasteiger partial charge in [0.15, 0.2) is 0 Å². The van der Waals surface area contributed by atoms with Crippen LogP contribution in [0.5, 0.6) is 0 Å². The summed E-state index contributed by atoms with van der Waals surface area (Å²) in [5, 5.41) is 22.5. The second-order valence-electron chi connectivity index (χ2n) is 7.97. The van der Waals surface area contributed by atoms with Crippen LogP contribution < -0.4 is 0 Å². The van der Waals surface area contributed by atoms with Gasteiger partial charge in [-0.2, -0.15) is 0 Å². The number of aryl methyl sites for hydroxylation is 2. The van der Waals surface area contributed by atoms with Gasteiger partial charge >= 0.3 is 0 Å². The van der Waals surface area contributed by atoms with Gasteiger partial charge in [-0.15, -0.1) is 0 Å². The van der Waals surface area contributed by atoms with E-state index in [9.17, 15) is 24.8 Å². The Morgan fingerprint density at radius 1 is 1.16 bits per heavy atom. The van der Waals surface area contributed by atoms with E-state index in [1.165, 1.54) is 23.1 Å². The topological polar surface area (TPSA) is 104 Å². The van der Waals surface area contributed by atoms with E-state index in [0.717, 1.165) is 11.1 Å². The van der Waals surface area contributed by atoms with Crippen LogP contribution in [0.1, 0.15) is 28.3 Å². The highest BCUT2D eigenvalue weighted by molar-refractivity contribution is 6.46. The molecule has 162 valence electrons. The van der Waals surface area contributed by atoms with E-state index >= 15 is 0 Å². The molecule has 1 heterocycles. The number of likely N-dealkylation sites (tertiary alicyclic amines) is 1. The smallest absolute Gasteiger partial charge is 0.295 e. The lowest BCUT2D eigenvalue weighted by Crippen LogP contribution is -2.35. The zero-order valence-electron chi connectivity index (χ0n) is 18.0. The first-order chi connectivity index (χ1) is 14.6. The number of aliphatic hydroxyl groups excluding tert-OH is 1. The Kier molecular flexibility index (Phi) is 6.21. The predicted molar refractivity (Wildman–Crippen MR) is 117 cm³/mol. The Labute approximate surface area is 180 Å². The van der Waals surface area contributed by atoms with Gasteiger partial charge in [0.05, 0.1) is 16.5 Å². The summed E-state index contributed by atoms with van der Waals surface area (Å²) in [7, 11) is 3.68. The number of benzene rings is 2. The molecule has 1 fully saturated rings. The summed E-state index contributed by atoms with van der Waals surface area (Å²) in [4.78, 5) is 39.9. The number of ketones is 1. The number of hydrogen-bond donors (Lipinski definition) is 1. The number of carbonyl (C=O) groups is 2. The Morgan fingerprint density at radius 3 is 2.52 bits per heavy atom. The molecule has 8 heteroatoms. The van der Waals surface area contributed by atoms with Gasteiger partial charge in [0, 0.05) is 30.8 Å². The van der Waals surface area contributed by atoms with E-state index < -0.39 is 22.7 Å². The normalized spacial score (nSPS) is 18.1. The maximum atomic E-state index is 13.0. The van der Waals surface area contributed by atoms with E-state index in [-0.39, 0.29) is 23.6 Å². The third-order valence-electron chi connectivity index (χ3n) is 5.37. The van der Waals surface area contributed by atoms with Gasteiger partial charge in [0.1, 0.15) is 5.76 Å². The van der Waals surface area contributed by atoms with E-state index in [0.29, 0.717) is 17.7 Å². The molecule has 2 aromatic rings. The van der Waals surface area contributed by atoms with Crippen LogP contribution in [-0.4, -0.2) is 58.7 Å². The van der Waals surface area contributed by atoms with Crippen molar-refractivity contribution in [1.29, 1.82) is 0 Å². The highest BCUT2D eigenvalue weighted by Gasteiger charge is 2.46. The number of aliphatic hydroxyl groups is 1. The van der Waals surface area contributed by atoms with Gasteiger partial charge in [-0.05, 0) is 45.1 Å². The molecule has 1 amide bonds. The first kappa shape index (κ1) is 22.2. The first-order valence-electron chi connectivity index (χ1n) is 9.87. The van der Waals surface area contributed by atoms with Gasteiger partial charge in [-0.3, -0.25) is 19.7 Å². The molecule has 1 atom stereocenters. The number of likely N-dealkylation sites (N-methyl/N-ethyl adjacent to an activating group) is 1. The van der Waals surface area contributed by atoms with E-state index in [2.05, 4.69) is 0 Å². The van der Waals surface area contributed by atoms with Crippen molar-refractivity contribution in [3.05, 3.63) is 80.4 Å². The minimum atomic E-state index is -0.917. The summed E-state index contributed by atoms with van der Waals surface area (Å²) < 4.78 is 0. The number of carbonyl (C=O) groups excluding carboxylic acids is 2. The molecule has 0 radical (unpaired) electrons. The quantitative estimate of drug-likeness (QED) is 0.252. The van der Waals surface area contributed by atoms with E-state index in [1.54, 1.807) is 19.1 Å². The predicted octanol–water partition coefficient (Wildman–Crippen LogP) is 3.19. The molecular weight excluding hydrogens is 398 g/mol. The van der Waals surface area contributed by atoms with Crippen LogP contribution in [0.25, 0.3) is 5.76 Å². The molecule has 0 saturated carbocycles. The largest absolute Gasteiger partial charge is 0.507 e. The zero-order valence-corrected chi connectivity index (χ0v) is 18.0. The van der Waals surface area contributed by atoms with Crippen molar-refractivity contribution in [2.24, 2.45) is 0 Å². The van der Waals surface area contributed by atoms with Crippen LogP contribution >= 0.6 is 0 Å². The fourth-order valence-corrected chi connectivity index (χ4v) is 3.71. The lowest BCUT2D eigenvalue weighted by molar-refractivity contribution is -0.384. The standard InChI is InChI=1S/C23H25N3O5/c1-14-8-9-15(2)18(12-14)21(27)19-20(16-6-5-7-17(13-16)26(30)31)25(11-10-24(3)4)23(29)22(19)28/h5-9,12-13,20,27H,10-11H2,1-4H3. The van der Waals surface area contributed by atoms with Crippen LogP contribution in [0.2, 0.25) is 0 Å². The average Bonchev–Trinajstić information content (AvgIpc) is 2.98. The minimum Gasteiger partial charge on any atom is -0.507 e. The second kappa shape index (κ2) is 8.69. The average molecular weight is 423 g/mol. The molecule has 2 aromatic carbocycles. The molecule has 1 N–H and O–H groups in total. The van der Waals surface area contributed by atoms with Crippen LogP contribution in [0.15, 0.2) is 48.0 Å². The number of nitro benzene ring substituents is 1. The van der Waals surface area contributed by atoms with Crippen molar-refractivity contribution >= 4 is 23.1 Å². The molecule has 8 nitrogen and oxygen atoms in total. The molecule has 31 heavy (non-hydrogen) atoms. The molecule has 0 bridgehead atoms. The summed E-state index contributed by atoms with van der Waals surface area (Å²) in [5.74, 6) is -1.80. The third-order valence-corrected chi connectivity index (χ3v) is 5.37. The van der Waals surface area contributed by atoms with Crippen molar-refractivity contribution in [3.8, 4) is 0 Å². The fraction of sp³-hybridized carbons (Fsp3) is 0.304. The molecule has 1 saturated heterocycles. The van der Waals surface area contributed by atoms with Gasteiger partial charge in [0.25, 0.3) is 17.4 Å². The highest BCUT2D eigenvalue weighted by Crippen LogP contribution is 2.40. The Morgan fingerprint density at radius 2 is 1.87 bits per heavy atom. The number of amides is 1. The molecule has 1 aliphatic heterocycles.